The van der Waals surface area contributed by atoms with Crippen LogP contribution in [-0.4, -0.2) is 20.5 Å². The van der Waals surface area contributed by atoms with Crippen molar-refractivity contribution >= 4 is 28.3 Å². The molecule has 0 amide bonds. The Kier molecular flexibility index (Phi) is 3.24. The van der Waals surface area contributed by atoms with E-state index in [4.69, 9.17) is 11.6 Å². The van der Waals surface area contributed by atoms with E-state index in [1.54, 1.807) is 29.9 Å². The van der Waals surface area contributed by atoms with Gasteiger partial charge in [0.15, 0.2) is 5.78 Å². The predicted molar refractivity (Wildman–Crippen MR) is 78.1 cm³/mol. The zero-order chi connectivity index (χ0) is 14.1. The van der Waals surface area contributed by atoms with Gasteiger partial charge in [-0.15, -0.1) is 0 Å². The predicted octanol–water partition coefficient (Wildman–Crippen LogP) is 3.34. The maximum atomic E-state index is 11.4. The number of carbonyl (C=O) groups excluding carboxylic acids is 1. The zero-order valence-corrected chi connectivity index (χ0v) is 11.6. The molecule has 0 saturated heterocycles. The summed E-state index contributed by atoms with van der Waals surface area (Å²) in [5.74, 6) is 0.0334. The monoisotopic (exact) mass is 285 g/mol. The maximum absolute atomic E-state index is 11.4. The maximum Gasteiger partial charge on any atom is 0.159 e. The van der Waals surface area contributed by atoms with Gasteiger partial charge in [0.25, 0.3) is 0 Å². The van der Waals surface area contributed by atoms with E-state index in [1.807, 2.05) is 24.4 Å². The summed E-state index contributed by atoms with van der Waals surface area (Å²) in [6, 6.07) is 9.08. The topological polar surface area (TPSA) is 47.8 Å². The summed E-state index contributed by atoms with van der Waals surface area (Å²) in [6.07, 6.45) is 3.56. The average molecular weight is 286 g/mol. The Morgan fingerprint density at radius 1 is 1.30 bits per heavy atom. The van der Waals surface area contributed by atoms with Gasteiger partial charge in [0.2, 0.25) is 0 Å². The highest BCUT2D eigenvalue weighted by atomic mass is 35.5. The van der Waals surface area contributed by atoms with Gasteiger partial charge >= 0.3 is 0 Å². The lowest BCUT2D eigenvalue weighted by atomic mass is 10.1. The molecule has 20 heavy (non-hydrogen) atoms. The fourth-order valence-corrected chi connectivity index (χ4v) is 2.26. The van der Waals surface area contributed by atoms with E-state index in [-0.39, 0.29) is 5.78 Å². The van der Waals surface area contributed by atoms with Crippen molar-refractivity contribution in [1.82, 2.24) is 14.8 Å². The SMILES string of the molecule is CC(=O)c1ccnc(Cn2cc3cc(Cl)ccc3n2)c1. The molecule has 0 spiro atoms. The Morgan fingerprint density at radius 2 is 2.15 bits per heavy atom. The molecule has 0 fully saturated rings. The molecule has 4 nitrogen and oxygen atoms in total. The van der Waals surface area contributed by atoms with Crippen molar-refractivity contribution in [2.75, 3.05) is 0 Å². The molecular formula is C15H12ClN3O. The van der Waals surface area contributed by atoms with Crippen LogP contribution in [0.1, 0.15) is 23.0 Å². The summed E-state index contributed by atoms with van der Waals surface area (Å²) in [5.41, 5.74) is 2.35. The lowest BCUT2D eigenvalue weighted by Gasteiger charge is -2.02. The largest absolute Gasteiger partial charge is 0.295 e. The van der Waals surface area contributed by atoms with Crippen LogP contribution in [0.15, 0.2) is 42.7 Å². The number of nitrogens with zero attached hydrogens (tertiary/aromatic N) is 3. The van der Waals surface area contributed by atoms with Crippen molar-refractivity contribution in [3.05, 3.63) is 59.0 Å². The van der Waals surface area contributed by atoms with Gasteiger partial charge in [-0.3, -0.25) is 14.5 Å². The molecule has 0 atom stereocenters. The van der Waals surface area contributed by atoms with Crippen molar-refractivity contribution in [1.29, 1.82) is 0 Å². The van der Waals surface area contributed by atoms with Crippen molar-refractivity contribution in [3.63, 3.8) is 0 Å². The third kappa shape index (κ3) is 2.56. The highest BCUT2D eigenvalue weighted by Gasteiger charge is 2.05. The molecule has 0 unspecified atom stereocenters. The van der Waals surface area contributed by atoms with Gasteiger partial charge in [0.1, 0.15) is 0 Å². The highest BCUT2D eigenvalue weighted by Crippen LogP contribution is 2.18. The molecule has 0 radical (unpaired) electrons. The van der Waals surface area contributed by atoms with Crippen LogP contribution in [0.5, 0.6) is 0 Å². The van der Waals surface area contributed by atoms with Gasteiger partial charge in [0, 0.05) is 28.4 Å². The first-order chi connectivity index (χ1) is 9.61. The molecule has 100 valence electrons. The van der Waals surface area contributed by atoms with Crippen LogP contribution < -0.4 is 0 Å². The summed E-state index contributed by atoms with van der Waals surface area (Å²) in [4.78, 5) is 15.6. The molecule has 3 aromatic rings. The molecule has 0 N–H and O–H groups in total. The van der Waals surface area contributed by atoms with E-state index in [0.29, 0.717) is 17.1 Å². The third-order valence-corrected chi connectivity index (χ3v) is 3.30. The molecule has 5 heteroatoms. The quantitative estimate of drug-likeness (QED) is 0.694. The summed E-state index contributed by atoms with van der Waals surface area (Å²) in [5, 5.41) is 6.13. The van der Waals surface area contributed by atoms with E-state index in [9.17, 15) is 4.79 Å². The number of pyridine rings is 1. The molecule has 2 heterocycles. The second-order valence-corrected chi connectivity index (χ2v) is 5.06. The van der Waals surface area contributed by atoms with Crippen molar-refractivity contribution in [3.8, 4) is 0 Å². The first-order valence-electron chi connectivity index (χ1n) is 6.20. The Morgan fingerprint density at radius 3 is 2.95 bits per heavy atom. The minimum absolute atomic E-state index is 0.0334. The number of fused-ring (bicyclic) bond motifs is 1. The summed E-state index contributed by atoms with van der Waals surface area (Å²) >= 11 is 5.96. The van der Waals surface area contributed by atoms with Gasteiger partial charge in [-0.1, -0.05) is 11.6 Å². The second-order valence-electron chi connectivity index (χ2n) is 4.62. The van der Waals surface area contributed by atoms with Crippen LogP contribution in [0.4, 0.5) is 0 Å². The van der Waals surface area contributed by atoms with E-state index in [0.717, 1.165) is 16.6 Å². The number of hydrogen-bond acceptors (Lipinski definition) is 3. The summed E-state index contributed by atoms with van der Waals surface area (Å²) in [6.45, 7) is 2.07. The first-order valence-corrected chi connectivity index (χ1v) is 6.58. The standard InChI is InChI=1S/C15H12ClN3O/c1-10(20)11-4-5-17-14(7-11)9-19-8-12-6-13(16)2-3-15(12)18-19/h2-8H,9H2,1H3. The average Bonchev–Trinajstić information content (AvgIpc) is 2.80. The van der Waals surface area contributed by atoms with E-state index >= 15 is 0 Å². The van der Waals surface area contributed by atoms with Crippen LogP contribution in [0.3, 0.4) is 0 Å². The number of benzene rings is 1. The van der Waals surface area contributed by atoms with Crippen molar-refractivity contribution in [2.45, 2.75) is 13.5 Å². The van der Waals surface area contributed by atoms with Crippen LogP contribution in [0.2, 0.25) is 5.02 Å². The minimum Gasteiger partial charge on any atom is -0.295 e. The molecule has 0 bridgehead atoms. The fraction of sp³-hybridized carbons (Fsp3) is 0.133. The Labute approximate surface area is 121 Å². The molecule has 1 aromatic carbocycles. The lowest BCUT2D eigenvalue weighted by Crippen LogP contribution is -2.04. The van der Waals surface area contributed by atoms with Crippen molar-refractivity contribution < 1.29 is 4.79 Å². The summed E-state index contributed by atoms with van der Waals surface area (Å²) in [7, 11) is 0. The van der Waals surface area contributed by atoms with Crippen LogP contribution >= 0.6 is 11.6 Å². The van der Waals surface area contributed by atoms with Crippen LogP contribution in [0.25, 0.3) is 10.9 Å². The van der Waals surface area contributed by atoms with Crippen LogP contribution in [0, 0.1) is 0 Å². The molecule has 0 aliphatic heterocycles. The number of halogens is 1. The molecule has 3 rings (SSSR count). The Balaban J connectivity index is 1.92. The Hall–Kier alpha value is -2.20. The van der Waals surface area contributed by atoms with Gasteiger partial charge in [-0.05, 0) is 37.3 Å². The normalized spacial score (nSPS) is 10.9. The van der Waals surface area contributed by atoms with E-state index < -0.39 is 0 Å². The first kappa shape index (κ1) is 12.8. The molecule has 0 aliphatic carbocycles. The minimum atomic E-state index is 0.0334. The smallest absolute Gasteiger partial charge is 0.159 e. The second kappa shape index (κ2) is 5.06. The van der Waals surface area contributed by atoms with Gasteiger partial charge in [-0.2, -0.15) is 5.10 Å². The molecular weight excluding hydrogens is 274 g/mol. The number of ketones is 1. The molecule has 0 saturated carbocycles. The van der Waals surface area contributed by atoms with E-state index in [2.05, 4.69) is 10.1 Å². The number of hydrogen-bond donors (Lipinski definition) is 0. The zero-order valence-electron chi connectivity index (χ0n) is 10.9. The molecule has 0 aliphatic rings. The Bertz CT molecular complexity index is 795. The number of carbonyl (C=O) groups is 1. The molecule has 2 aromatic heterocycles. The number of rotatable bonds is 3. The van der Waals surface area contributed by atoms with Crippen molar-refractivity contribution in [2.24, 2.45) is 0 Å². The number of Topliss-reactive ketones (excluding diaryl/α,β-unsaturated/α-hetero) is 1. The fourth-order valence-electron chi connectivity index (χ4n) is 2.08. The van der Waals surface area contributed by atoms with Crippen LogP contribution in [-0.2, 0) is 6.54 Å². The number of aromatic nitrogens is 3. The highest BCUT2D eigenvalue weighted by molar-refractivity contribution is 6.31. The van der Waals surface area contributed by atoms with Gasteiger partial charge in [-0.25, -0.2) is 0 Å². The summed E-state index contributed by atoms with van der Waals surface area (Å²) < 4.78 is 1.80. The lowest BCUT2D eigenvalue weighted by molar-refractivity contribution is 0.101. The van der Waals surface area contributed by atoms with Gasteiger partial charge in [0.05, 0.1) is 17.8 Å². The van der Waals surface area contributed by atoms with E-state index in [1.165, 1.54) is 0 Å². The third-order valence-electron chi connectivity index (χ3n) is 3.06. The van der Waals surface area contributed by atoms with Gasteiger partial charge < -0.3 is 0 Å².